The smallest absolute Gasteiger partial charge is 0.0541 e. The molecule has 1 aliphatic carbocycles. The maximum Gasteiger partial charge on any atom is 0.0541 e. The molecule has 0 bridgehead atoms. The van der Waals surface area contributed by atoms with Gasteiger partial charge in [0.1, 0.15) is 0 Å². The highest BCUT2D eigenvalue weighted by Crippen LogP contribution is 2.30. The van der Waals surface area contributed by atoms with E-state index in [0.717, 1.165) is 25.4 Å². The van der Waals surface area contributed by atoms with Crippen molar-refractivity contribution in [1.29, 1.82) is 0 Å². The molecule has 1 atom stereocenters. The first kappa shape index (κ1) is 11.0. The highest BCUT2D eigenvalue weighted by Gasteiger charge is 2.25. The standard InChI is InChI=1S/C11H22O2/c1-3-6-11(2,8-12)9-13-7-10-4-5-10/h10,12H,3-9H2,1-2H3. The molecule has 1 N–H and O–H groups in total. The Morgan fingerprint density at radius 1 is 1.46 bits per heavy atom. The number of hydrogen-bond donors (Lipinski definition) is 1. The Labute approximate surface area is 81.3 Å². The van der Waals surface area contributed by atoms with Crippen molar-refractivity contribution in [1.82, 2.24) is 0 Å². The van der Waals surface area contributed by atoms with E-state index < -0.39 is 0 Å². The molecule has 1 saturated carbocycles. The van der Waals surface area contributed by atoms with Crippen LogP contribution in [0.3, 0.4) is 0 Å². The van der Waals surface area contributed by atoms with Crippen LogP contribution in [0, 0.1) is 11.3 Å². The summed E-state index contributed by atoms with van der Waals surface area (Å²) in [5.74, 6) is 0.824. The molecule has 1 unspecified atom stereocenters. The van der Waals surface area contributed by atoms with Crippen LogP contribution in [0.25, 0.3) is 0 Å². The zero-order valence-electron chi connectivity index (χ0n) is 8.88. The predicted molar refractivity (Wildman–Crippen MR) is 53.6 cm³/mol. The largest absolute Gasteiger partial charge is 0.396 e. The first-order valence-electron chi connectivity index (χ1n) is 5.39. The third-order valence-corrected chi connectivity index (χ3v) is 2.74. The molecule has 1 aliphatic rings. The Balaban J connectivity index is 2.12. The van der Waals surface area contributed by atoms with Crippen LogP contribution >= 0.6 is 0 Å². The van der Waals surface area contributed by atoms with Gasteiger partial charge in [-0.15, -0.1) is 0 Å². The Hall–Kier alpha value is -0.0800. The Morgan fingerprint density at radius 2 is 2.15 bits per heavy atom. The second-order valence-electron chi connectivity index (χ2n) is 4.68. The number of aliphatic hydroxyl groups excluding tert-OH is 1. The SMILES string of the molecule is CCCC(C)(CO)COCC1CC1. The third kappa shape index (κ3) is 4.10. The van der Waals surface area contributed by atoms with Crippen molar-refractivity contribution in [3.8, 4) is 0 Å². The number of rotatable bonds is 7. The number of hydrogen-bond acceptors (Lipinski definition) is 2. The monoisotopic (exact) mass is 186 g/mol. The Kier molecular flexibility index (Phi) is 4.20. The van der Waals surface area contributed by atoms with Crippen LogP contribution in [-0.2, 0) is 4.74 Å². The van der Waals surface area contributed by atoms with Gasteiger partial charge in [0.2, 0.25) is 0 Å². The zero-order valence-corrected chi connectivity index (χ0v) is 8.88. The van der Waals surface area contributed by atoms with Crippen molar-refractivity contribution in [2.75, 3.05) is 19.8 Å². The molecular formula is C11H22O2. The van der Waals surface area contributed by atoms with Crippen LogP contribution in [0.5, 0.6) is 0 Å². The molecule has 0 amide bonds. The summed E-state index contributed by atoms with van der Waals surface area (Å²) in [5, 5.41) is 9.22. The minimum Gasteiger partial charge on any atom is -0.396 e. The molecule has 0 radical (unpaired) electrons. The van der Waals surface area contributed by atoms with E-state index in [0.29, 0.717) is 6.61 Å². The zero-order chi connectivity index (χ0) is 9.73. The molecule has 78 valence electrons. The summed E-state index contributed by atoms with van der Waals surface area (Å²) in [6.45, 7) is 6.11. The molecule has 0 aromatic carbocycles. The first-order valence-corrected chi connectivity index (χ1v) is 5.39. The van der Waals surface area contributed by atoms with E-state index in [-0.39, 0.29) is 12.0 Å². The van der Waals surface area contributed by atoms with Crippen LogP contribution in [0.2, 0.25) is 0 Å². The van der Waals surface area contributed by atoms with Crippen molar-refractivity contribution in [3.63, 3.8) is 0 Å². The van der Waals surface area contributed by atoms with Crippen molar-refractivity contribution < 1.29 is 9.84 Å². The maximum absolute atomic E-state index is 9.22. The molecule has 13 heavy (non-hydrogen) atoms. The fourth-order valence-electron chi connectivity index (χ4n) is 1.56. The Bertz CT molecular complexity index is 143. The molecule has 0 aromatic rings. The number of aliphatic hydroxyl groups is 1. The average molecular weight is 186 g/mol. The van der Waals surface area contributed by atoms with E-state index in [1.165, 1.54) is 12.8 Å². The van der Waals surface area contributed by atoms with Crippen LogP contribution in [0.4, 0.5) is 0 Å². The van der Waals surface area contributed by atoms with Gasteiger partial charge in [-0.05, 0) is 25.2 Å². The average Bonchev–Trinajstić information content (AvgIpc) is 2.89. The molecule has 0 heterocycles. The second-order valence-corrected chi connectivity index (χ2v) is 4.68. The van der Waals surface area contributed by atoms with Gasteiger partial charge < -0.3 is 9.84 Å². The van der Waals surface area contributed by atoms with Gasteiger partial charge in [-0.2, -0.15) is 0 Å². The lowest BCUT2D eigenvalue weighted by Gasteiger charge is -2.26. The van der Waals surface area contributed by atoms with Gasteiger partial charge in [-0.3, -0.25) is 0 Å². The molecule has 2 heteroatoms. The van der Waals surface area contributed by atoms with E-state index in [2.05, 4.69) is 13.8 Å². The van der Waals surface area contributed by atoms with Crippen LogP contribution in [0.15, 0.2) is 0 Å². The molecule has 2 nitrogen and oxygen atoms in total. The molecule has 0 spiro atoms. The van der Waals surface area contributed by atoms with E-state index in [1.54, 1.807) is 0 Å². The summed E-state index contributed by atoms with van der Waals surface area (Å²) in [4.78, 5) is 0. The predicted octanol–water partition coefficient (Wildman–Crippen LogP) is 2.21. The first-order chi connectivity index (χ1) is 6.20. The van der Waals surface area contributed by atoms with Gasteiger partial charge in [0.25, 0.3) is 0 Å². The van der Waals surface area contributed by atoms with Crippen molar-refractivity contribution in [2.24, 2.45) is 11.3 Å². The quantitative estimate of drug-likeness (QED) is 0.660. The van der Waals surface area contributed by atoms with E-state index in [9.17, 15) is 5.11 Å². The normalized spacial score (nSPS) is 21.5. The topological polar surface area (TPSA) is 29.5 Å². The number of ether oxygens (including phenoxy) is 1. The van der Waals surface area contributed by atoms with Gasteiger partial charge >= 0.3 is 0 Å². The minimum absolute atomic E-state index is 0.0103. The van der Waals surface area contributed by atoms with Crippen molar-refractivity contribution in [2.45, 2.75) is 39.5 Å². The Morgan fingerprint density at radius 3 is 2.62 bits per heavy atom. The van der Waals surface area contributed by atoms with E-state index in [1.807, 2.05) is 0 Å². The summed E-state index contributed by atoms with van der Waals surface area (Å²) < 4.78 is 5.61. The molecule has 0 aliphatic heterocycles. The fraction of sp³-hybridized carbons (Fsp3) is 1.00. The van der Waals surface area contributed by atoms with Crippen LogP contribution in [-0.4, -0.2) is 24.9 Å². The van der Waals surface area contributed by atoms with Crippen molar-refractivity contribution >= 4 is 0 Å². The summed E-state index contributed by atoms with van der Waals surface area (Å²) in [6, 6.07) is 0. The molecule has 1 rings (SSSR count). The maximum atomic E-state index is 9.22. The van der Waals surface area contributed by atoms with Gasteiger partial charge in [0.05, 0.1) is 13.2 Å². The lowest BCUT2D eigenvalue weighted by molar-refractivity contribution is 0.00790. The second kappa shape index (κ2) is 4.97. The van der Waals surface area contributed by atoms with Gasteiger partial charge in [0, 0.05) is 12.0 Å². The third-order valence-electron chi connectivity index (χ3n) is 2.74. The molecule has 0 saturated heterocycles. The summed E-state index contributed by atoms with van der Waals surface area (Å²) >= 11 is 0. The lowest BCUT2D eigenvalue weighted by Crippen LogP contribution is -2.27. The van der Waals surface area contributed by atoms with Crippen LogP contribution < -0.4 is 0 Å². The van der Waals surface area contributed by atoms with E-state index in [4.69, 9.17) is 4.74 Å². The fourth-order valence-corrected chi connectivity index (χ4v) is 1.56. The highest BCUT2D eigenvalue weighted by atomic mass is 16.5. The summed E-state index contributed by atoms with van der Waals surface area (Å²) in [7, 11) is 0. The van der Waals surface area contributed by atoms with Crippen LogP contribution in [0.1, 0.15) is 39.5 Å². The summed E-state index contributed by atoms with van der Waals surface area (Å²) in [6.07, 6.45) is 4.84. The van der Waals surface area contributed by atoms with Gasteiger partial charge in [-0.25, -0.2) is 0 Å². The minimum atomic E-state index is -0.0103. The van der Waals surface area contributed by atoms with Crippen molar-refractivity contribution in [3.05, 3.63) is 0 Å². The van der Waals surface area contributed by atoms with Gasteiger partial charge in [0.15, 0.2) is 0 Å². The summed E-state index contributed by atoms with van der Waals surface area (Å²) in [5.41, 5.74) is -0.0103. The molecular weight excluding hydrogens is 164 g/mol. The highest BCUT2D eigenvalue weighted by molar-refractivity contribution is 4.75. The van der Waals surface area contributed by atoms with Gasteiger partial charge in [-0.1, -0.05) is 20.3 Å². The molecule has 1 fully saturated rings. The van der Waals surface area contributed by atoms with E-state index >= 15 is 0 Å². The molecule has 0 aromatic heterocycles. The lowest BCUT2D eigenvalue weighted by atomic mass is 9.88.